The lowest BCUT2D eigenvalue weighted by atomic mass is 10.3. The van der Waals surface area contributed by atoms with Gasteiger partial charge in [0.2, 0.25) is 11.6 Å². The van der Waals surface area contributed by atoms with Crippen LogP contribution in [-0.4, -0.2) is 52.4 Å². The Morgan fingerprint density at radius 1 is 1.26 bits per heavy atom. The molecule has 0 bridgehead atoms. The van der Waals surface area contributed by atoms with Gasteiger partial charge < -0.3 is 24.6 Å². The van der Waals surface area contributed by atoms with Crippen molar-refractivity contribution in [3.05, 3.63) is 55.3 Å². The third kappa shape index (κ3) is 5.02. The van der Waals surface area contributed by atoms with Gasteiger partial charge in [0.25, 0.3) is 5.88 Å². The van der Waals surface area contributed by atoms with E-state index in [1.807, 2.05) is 0 Å². The maximum atomic E-state index is 9.12. The smallest absolute Gasteiger partial charge is 0.263 e. The molecule has 0 fully saturated rings. The quantitative estimate of drug-likeness (QED) is 0.478. The fourth-order valence-electron chi connectivity index (χ4n) is 1.95. The van der Waals surface area contributed by atoms with Crippen molar-refractivity contribution in [2.45, 2.75) is 0 Å². The summed E-state index contributed by atoms with van der Waals surface area (Å²) in [6.45, 7) is 7.23. The summed E-state index contributed by atoms with van der Waals surface area (Å²) in [5, 5.41) is 12.0. The molecule has 0 aliphatic heterocycles. The number of aromatic nitrogens is 4. The van der Waals surface area contributed by atoms with Crippen molar-refractivity contribution in [3.63, 3.8) is 0 Å². The molecule has 0 saturated heterocycles. The second-order valence-electron chi connectivity index (χ2n) is 4.92. The molecule has 2 heterocycles. The van der Waals surface area contributed by atoms with Crippen molar-refractivity contribution in [2.75, 3.05) is 32.7 Å². The highest BCUT2D eigenvalue weighted by atomic mass is 16.5. The third-order valence-electron chi connectivity index (χ3n) is 3.17. The number of anilines is 1. The van der Waals surface area contributed by atoms with Gasteiger partial charge in [0.1, 0.15) is 6.61 Å². The minimum atomic E-state index is -0.199. The minimum absolute atomic E-state index is 0.0113. The molecule has 2 N–H and O–H groups in total. The van der Waals surface area contributed by atoms with Gasteiger partial charge in [0.05, 0.1) is 13.7 Å². The number of methoxy groups -OCH3 is 1. The van der Waals surface area contributed by atoms with E-state index in [2.05, 4.69) is 38.4 Å². The van der Waals surface area contributed by atoms with E-state index >= 15 is 0 Å². The molecule has 0 aliphatic rings. The number of aliphatic hydroxyl groups is 1. The summed E-state index contributed by atoms with van der Waals surface area (Å²) in [5.41, 5.74) is 0. The minimum Gasteiger partial charge on any atom is -0.493 e. The van der Waals surface area contributed by atoms with E-state index in [4.69, 9.17) is 19.3 Å². The van der Waals surface area contributed by atoms with Crippen LogP contribution in [0.3, 0.4) is 0 Å². The van der Waals surface area contributed by atoms with Crippen LogP contribution >= 0.6 is 0 Å². The van der Waals surface area contributed by atoms with Gasteiger partial charge >= 0.3 is 0 Å². The Kier molecular flexibility index (Phi) is 7.26. The standard InChI is InChI=1S/C18H21N5O4/c1-5-7-13(12(2)25-4)27-14-15(19-3)22-17(16-20-8-6-9-21-16)23-18(14)26-11-10-24/h5-9,24H,1-2,10-11H2,3-4H3,(H,19,22,23)/b13-7+. The van der Waals surface area contributed by atoms with E-state index in [1.54, 1.807) is 31.6 Å². The van der Waals surface area contributed by atoms with Crippen molar-refractivity contribution in [1.82, 2.24) is 19.9 Å². The molecule has 2 aromatic heterocycles. The average Bonchev–Trinajstić information content (AvgIpc) is 2.72. The summed E-state index contributed by atoms with van der Waals surface area (Å²) >= 11 is 0. The van der Waals surface area contributed by atoms with E-state index in [0.717, 1.165) is 0 Å². The fraction of sp³-hybridized carbons (Fsp3) is 0.222. The fourth-order valence-corrected chi connectivity index (χ4v) is 1.95. The van der Waals surface area contributed by atoms with Crippen molar-refractivity contribution >= 4 is 5.82 Å². The molecule has 0 amide bonds. The van der Waals surface area contributed by atoms with Gasteiger partial charge in [-0.3, -0.25) is 0 Å². The molecule has 9 nitrogen and oxygen atoms in total. The number of nitrogens with zero attached hydrogens (tertiary/aromatic N) is 4. The maximum Gasteiger partial charge on any atom is 0.263 e. The zero-order chi connectivity index (χ0) is 19.6. The molecule has 2 aromatic rings. The highest BCUT2D eigenvalue weighted by molar-refractivity contribution is 5.61. The van der Waals surface area contributed by atoms with E-state index in [0.29, 0.717) is 17.4 Å². The molecule has 142 valence electrons. The molecule has 0 unspecified atom stereocenters. The number of hydrogen-bond donors (Lipinski definition) is 2. The molecule has 0 saturated carbocycles. The zero-order valence-electron chi connectivity index (χ0n) is 15.2. The Hall–Kier alpha value is -3.46. The highest BCUT2D eigenvalue weighted by Gasteiger charge is 2.21. The van der Waals surface area contributed by atoms with Crippen LogP contribution in [0.25, 0.3) is 11.6 Å². The molecule has 9 heteroatoms. The molecule has 0 radical (unpaired) electrons. The topological polar surface area (TPSA) is 112 Å². The van der Waals surface area contributed by atoms with Crippen molar-refractivity contribution in [1.29, 1.82) is 0 Å². The number of hydrogen-bond acceptors (Lipinski definition) is 9. The van der Waals surface area contributed by atoms with Crippen molar-refractivity contribution in [2.24, 2.45) is 0 Å². The first-order valence-corrected chi connectivity index (χ1v) is 7.99. The van der Waals surface area contributed by atoms with Gasteiger partial charge in [0, 0.05) is 19.4 Å². The molecular weight excluding hydrogens is 350 g/mol. The summed E-state index contributed by atoms with van der Waals surface area (Å²) in [7, 11) is 3.14. The van der Waals surface area contributed by atoms with Crippen molar-refractivity contribution in [3.8, 4) is 23.3 Å². The third-order valence-corrected chi connectivity index (χ3v) is 3.17. The number of nitrogens with one attached hydrogen (secondary N) is 1. The summed E-state index contributed by atoms with van der Waals surface area (Å²) in [6.07, 6.45) is 6.27. The highest BCUT2D eigenvalue weighted by Crippen LogP contribution is 2.36. The van der Waals surface area contributed by atoms with E-state index in [-0.39, 0.29) is 36.4 Å². The van der Waals surface area contributed by atoms with Gasteiger partial charge in [0.15, 0.2) is 23.2 Å². The Morgan fingerprint density at radius 2 is 2.00 bits per heavy atom. The van der Waals surface area contributed by atoms with Crippen LogP contribution in [0.15, 0.2) is 55.3 Å². The Labute approximate surface area is 157 Å². The monoisotopic (exact) mass is 371 g/mol. The second kappa shape index (κ2) is 9.88. The van der Waals surface area contributed by atoms with Crippen molar-refractivity contribution < 1.29 is 19.3 Å². The molecule has 0 aromatic carbocycles. The van der Waals surface area contributed by atoms with Gasteiger partial charge in [-0.2, -0.15) is 4.98 Å². The summed E-state index contributed by atoms with van der Waals surface area (Å²) in [4.78, 5) is 17.0. The second-order valence-corrected chi connectivity index (χ2v) is 4.92. The van der Waals surface area contributed by atoms with Crippen LogP contribution in [0.2, 0.25) is 0 Å². The molecule has 27 heavy (non-hydrogen) atoms. The SMILES string of the molecule is C=C/C=C(/Oc1c(NC)nc(-c2ncccn2)nc1OCCO)C(=C)OC. The zero-order valence-corrected chi connectivity index (χ0v) is 15.2. The number of ether oxygens (including phenoxy) is 3. The first-order chi connectivity index (χ1) is 13.1. The lowest BCUT2D eigenvalue weighted by Gasteiger charge is -2.17. The molecule has 0 aliphatic carbocycles. The van der Waals surface area contributed by atoms with Crippen LogP contribution in [0.1, 0.15) is 0 Å². The van der Waals surface area contributed by atoms with Gasteiger partial charge in [-0.05, 0) is 12.1 Å². The molecule has 2 rings (SSSR count). The summed E-state index contributed by atoms with van der Waals surface area (Å²) in [5.74, 6) is 1.75. The van der Waals surface area contributed by atoms with Crippen LogP contribution < -0.4 is 14.8 Å². The Balaban J connectivity index is 2.55. The van der Waals surface area contributed by atoms with Crippen LogP contribution in [0, 0.1) is 0 Å². The predicted octanol–water partition coefficient (Wildman–Crippen LogP) is 1.96. The van der Waals surface area contributed by atoms with Crippen LogP contribution in [0.5, 0.6) is 11.6 Å². The first kappa shape index (κ1) is 19.9. The van der Waals surface area contributed by atoms with Gasteiger partial charge in [-0.25, -0.2) is 15.0 Å². The normalized spacial score (nSPS) is 10.9. The van der Waals surface area contributed by atoms with Crippen LogP contribution in [-0.2, 0) is 4.74 Å². The van der Waals surface area contributed by atoms with Crippen LogP contribution in [0.4, 0.5) is 5.82 Å². The van der Waals surface area contributed by atoms with E-state index < -0.39 is 0 Å². The summed E-state index contributed by atoms with van der Waals surface area (Å²) in [6, 6.07) is 1.69. The van der Waals surface area contributed by atoms with Gasteiger partial charge in [-0.1, -0.05) is 19.2 Å². The Morgan fingerprint density at radius 3 is 2.59 bits per heavy atom. The summed E-state index contributed by atoms with van der Waals surface area (Å²) < 4.78 is 16.5. The Bertz CT molecular complexity index is 824. The molecular formula is C18H21N5O4. The van der Waals surface area contributed by atoms with E-state index in [9.17, 15) is 0 Å². The largest absolute Gasteiger partial charge is 0.493 e. The number of allylic oxidation sites excluding steroid dienone is 2. The molecule has 0 spiro atoms. The first-order valence-electron chi connectivity index (χ1n) is 7.99. The van der Waals surface area contributed by atoms with Gasteiger partial charge in [-0.15, -0.1) is 0 Å². The maximum absolute atomic E-state index is 9.12. The number of aliphatic hydroxyl groups excluding tert-OH is 1. The lowest BCUT2D eigenvalue weighted by molar-refractivity contribution is 0.190. The van der Waals surface area contributed by atoms with E-state index in [1.165, 1.54) is 13.2 Å². The molecule has 0 atom stereocenters. The number of rotatable bonds is 10. The predicted molar refractivity (Wildman–Crippen MR) is 100 cm³/mol. The lowest BCUT2D eigenvalue weighted by Crippen LogP contribution is -2.11. The average molecular weight is 371 g/mol.